The standard InChI is InChI=1S/C24H29N5O2/c1-3-25-24(26-15-21-18-31-23(28-21)20-13-9-6-10-14-20)27-16-22(30)29(4-2)17-19-11-7-5-8-12-19/h5-14,18H,3-4,15-17H2,1-2H3,(H2,25,26,27). The fraction of sp³-hybridized carbons (Fsp3) is 0.292. The summed E-state index contributed by atoms with van der Waals surface area (Å²) in [6, 6.07) is 19.7. The summed E-state index contributed by atoms with van der Waals surface area (Å²) < 4.78 is 5.56. The molecule has 0 fully saturated rings. The van der Waals surface area contributed by atoms with Crippen molar-refractivity contribution in [3.05, 3.63) is 78.2 Å². The van der Waals surface area contributed by atoms with Crippen LogP contribution in [-0.2, 0) is 17.9 Å². The van der Waals surface area contributed by atoms with Crippen LogP contribution in [-0.4, -0.2) is 41.4 Å². The first kappa shape index (κ1) is 22.1. The van der Waals surface area contributed by atoms with E-state index in [4.69, 9.17) is 4.42 Å². The van der Waals surface area contributed by atoms with Gasteiger partial charge in [-0.05, 0) is 31.5 Å². The zero-order valence-electron chi connectivity index (χ0n) is 18.0. The summed E-state index contributed by atoms with van der Waals surface area (Å²) in [5.74, 6) is 1.15. The van der Waals surface area contributed by atoms with Crippen LogP contribution in [0.1, 0.15) is 25.1 Å². The van der Waals surface area contributed by atoms with E-state index in [0.29, 0.717) is 38.0 Å². The van der Waals surface area contributed by atoms with Crippen molar-refractivity contribution in [2.45, 2.75) is 26.9 Å². The quantitative estimate of drug-likeness (QED) is 0.410. The van der Waals surface area contributed by atoms with E-state index in [1.165, 1.54) is 0 Å². The summed E-state index contributed by atoms with van der Waals surface area (Å²) in [6.07, 6.45) is 1.61. The molecule has 0 bridgehead atoms. The number of hydrogen-bond donors (Lipinski definition) is 2. The van der Waals surface area contributed by atoms with Crippen molar-refractivity contribution in [2.75, 3.05) is 19.6 Å². The van der Waals surface area contributed by atoms with Crippen LogP contribution in [0.4, 0.5) is 0 Å². The van der Waals surface area contributed by atoms with Crippen molar-refractivity contribution in [3.8, 4) is 11.5 Å². The second kappa shape index (κ2) is 11.5. The van der Waals surface area contributed by atoms with Gasteiger partial charge in [-0.25, -0.2) is 9.98 Å². The van der Waals surface area contributed by atoms with E-state index in [1.54, 1.807) is 6.26 Å². The van der Waals surface area contributed by atoms with Gasteiger partial charge in [0.05, 0.1) is 13.1 Å². The lowest BCUT2D eigenvalue weighted by atomic mass is 10.2. The molecular weight excluding hydrogens is 390 g/mol. The van der Waals surface area contributed by atoms with Crippen molar-refractivity contribution < 1.29 is 9.21 Å². The molecule has 1 aromatic heterocycles. The van der Waals surface area contributed by atoms with E-state index in [1.807, 2.05) is 79.4 Å². The minimum atomic E-state index is 0.0183. The molecule has 2 N–H and O–H groups in total. The van der Waals surface area contributed by atoms with E-state index < -0.39 is 0 Å². The van der Waals surface area contributed by atoms with Crippen molar-refractivity contribution >= 4 is 11.9 Å². The number of nitrogens with zero attached hydrogens (tertiary/aromatic N) is 3. The molecule has 162 valence electrons. The van der Waals surface area contributed by atoms with E-state index in [9.17, 15) is 4.79 Å². The number of guanidine groups is 1. The summed E-state index contributed by atoms with van der Waals surface area (Å²) in [7, 11) is 0. The molecule has 1 amide bonds. The summed E-state index contributed by atoms with van der Waals surface area (Å²) in [5, 5.41) is 6.28. The van der Waals surface area contributed by atoms with Gasteiger partial charge in [-0.2, -0.15) is 0 Å². The van der Waals surface area contributed by atoms with Crippen molar-refractivity contribution in [3.63, 3.8) is 0 Å². The monoisotopic (exact) mass is 419 g/mol. The zero-order chi connectivity index (χ0) is 21.9. The largest absolute Gasteiger partial charge is 0.444 e. The lowest BCUT2D eigenvalue weighted by Gasteiger charge is -2.22. The molecule has 2 aromatic carbocycles. The van der Waals surface area contributed by atoms with Crippen LogP contribution >= 0.6 is 0 Å². The lowest BCUT2D eigenvalue weighted by molar-refractivity contribution is -0.130. The number of nitrogens with one attached hydrogen (secondary N) is 2. The highest BCUT2D eigenvalue weighted by atomic mass is 16.3. The van der Waals surface area contributed by atoms with Crippen LogP contribution in [0.15, 0.2) is 76.3 Å². The van der Waals surface area contributed by atoms with Crippen LogP contribution in [0.2, 0.25) is 0 Å². The topological polar surface area (TPSA) is 82.8 Å². The third kappa shape index (κ3) is 6.70. The molecule has 0 radical (unpaired) electrons. The average Bonchev–Trinajstić information content (AvgIpc) is 3.29. The molecule has 0 saturated heterocycles. The third-order valence-corrected chi connectivity index (χ3v) is 4.67. The van der Waals surface area contributed by atoms with Gasteiger partial charge in [0.25, 0.3) is 0 Å². The maximum absolute atomic E-state index is 12.7. The maximum atomic E-state index is 12.7. The Morgan fingerprint density at radius 1 is 1.03 bits per heavy atom. The van der Waals surface area contributed by atoms with Gasteiger partial charge >= 0.3 is 0 Å². The molecule has 3 rings (SSSR count). The Bertz CT molecular complexity index is 970. The third-order valence-electron chi connectivity index (χ3n) is 4.67. The fourth-order valence-electron chi connectivity index (χ4n) is 3.05. The van der Waals surface area contributed by atoms with Gasteiger partial charge in [-0.1, -0.05) is 48.5 Å². The second-order valence-electron chi connectivity index (χ2n) is 6.95. The van der Waals surface area contributed by atoms with Gasteiger partial charge in [0, 0.05) is 25.2 Å². The molecule has 0 aliphatic rings. The number of benzene rings is 2. The molecule has 7 heteroatoms. The van der Waals surface area contributed by atoms with Crippen molar-refractivity contribution in [1.82, 2.24) is 20.5 Å². The predicted molar refractivity (Wildman–Crippen MR) is 122 cm³/mol. The van der Waals surface area contributed by atoms with Crippen LogP contribution < -0.4 is 10.6 Å². The number of carbonyl (C=O) groups is 1. The average molecular weight is 420 g/mol. The first-order valence-corrected chi connectivity index (χ1v) is 10.5. The maximum Gasteiger partial charge on any atom is 0.242 e. The molecule has 7 nitrogen and oxygen atoms in total. The Balaban J connectivity index is 1.57. The summed E-state index contributed by atoms with van der Waals surface area (Å²) in [6.45, 7) is 6.40. The van der Waals surface area contributed by atoms with Gasteiger partial charge < -0.3 is 20.0 Å². The molecule has 0 aliphatic carbocycles. The van der Waals surface area contributed by atoms with Crippen LogP contribution in [0, 0.1) is 0 Å². The smallest absolute Gasteiger partial charge is 0.242 e. The minimum Gasteiger partial charge on any atom is -0.444 e. The van der Waals surface area contributed by atoms with Crippen molar-refractivity contribution in [1.29, 1.82) is 0 Å². The Morgan fingerprint density at radius 2 is 1.74 bits per heavy atom. The van der Waals surface area contributed by atoms with Gasteiger partial charge in [0.1, 0.15) is 12.0 Å². The van der Waals surface area contributed by atoms with Gasteiger partial charge in [-0.3, -0.25) is 4.79 Å². The van der Waals surface area contributed by atoms with Crippen molar-refractivity contribution in [2.24, 2.45) is 4.99 Å². The molecule has 31 heavy (non-hydrogen) atoms. The number of hydrogen-bond acceptors (Lipinski definition) is 4. The Hall–Kier alpha value is -3.61. The molecule has 0 atom stereocenters. The van der Waals surface area contributed by atoms with Gasteiger partial charge in [-0.15, -0.1) is 0 Å². The SMILES string of the molecule is CCNC(=NCc1coc(-c2ccccc2)n1)NCC(=O)N(CC)Cc1ccccc1. The molecule has 1 heterocycles. The number of aromatic nitrogens is 1. The molecule has 3 aromatic rings. The second-order valence-corrected chi connectivity index (χ2v) is 6.95. The number of oxazole rings is 1. The van der Waals surface area contributed by atoms with Crippen LogP contribution in [0.3, 0.4) is 0 Å². The first-order chi connectivity index (χ1) is 15.2. The van der Waals surface area contributed by atoms with E-state index in [0.717, 1.165) is 16.8 Å². The Kier molecular flexibility index (Phi) is 8.22. The number of likely N-dealkylation sites (N-methyl/N-ethyl adjacent to an activating group) is 1. The highest BCUT2D eigenvalue weighted by Gasteiger charge is 2.13. The van der Waals surface area contributed by atoms with Gasteiger partial charge in [0.2, 0.25) is 11.8 Å². The lowest BCUT2D eigenvalue weighted by Crippen LogP contribution is -2.44. The fourth-order valence-corrected chi connectivity index (χ4v) is 3.05. The first-order valence-electron chi connectivity index (χ1n) is 10.5. The van der Waals surface area contributed by atoms with E-state index in [-0.39, 0.29) is 12.5 Å². The van der Waals surface area contributed by atoms with Crippen LogP contribution in [0.5, 0.6) is 0 Å². The molecule has 0 saturated carbocycles. The van der Waals surface area contributed by atoms with E-state index in [2.05, 4.69) is 20.6 Å². The molecule has 0 aliphatic heterocycles. The number of rotatable bonds is 9. The molecule has 0 spiro atoms. The van der Waals surface area contributed by atoms with Crippen LogP contribution in [0.25, 0.3) is 11.5 Å². The predicted octanol–water partition coefficient (Wildman–Crippen LogP) is 3.45. The summed E-state index contributed by atoms with van der Waals surface area (Å²) in [5.41, 5.74) is 2.76. The summed E-state index contributed by atoms with van der Waals surface area (Å²) >= 11 is 0. The minimum absolute atomic E-state index is 0.0183. The highest BCUT2D eigenvalue weighted by Crippen LogP contribution is 2.18. The number of carbonyl (C=O) groups excluding carboxylic acids is 1. The number of amides is 1. The highest BCUT2D eigenvalue weighted by molar-refractivity contribution is 5.86. The van der Waals surface area contributed by atoms with Gasteiger partial charge in [0.15, 0.2) is 5.96 Å². The van der Waals surface area contributed by atoms with E-state index >= 15 is 0 Å². The molecule has 0 unspecified atom stereocenters. The molecular formula is C24H29N5O2. The normalized spacial score (nSPS) is 11.2. The Morgan fingerprint density at radius 3 is 2.42 bits per heavy atom. The summed E-state index contributed by atoms with van der Waals surface area (Å²) in [4.78, 5) is 23.5. The zero-order valence-corrected chi connectivity index (χ0v) is 18.0. The number of aliphatic imine (C=N–C) groups is 1. The Labute approximate surface area is 183 Å².